The van der Waals surface area contributed by atoms with E-state index in [-0.39, 0.29) is 29.5 Å². The fraction of sp³-hybridized carbons (Fsp3) is 0.235. The minimum absolute atomic E-state index is 0.0141. The predicted octanol–water partition coefficient (Wildman–Crippen LogP) is 4.59. The van der Waals surface area contributed by atoms with E-state index in [1.165, 1.54) is 44.4 Å². The second kappa shape index (κ2) is 14.6. The number of amides is 2. The maximum atomic E-state index is 14.4. The van der Waals surface area contributed by atoms with Crippen LogP contribution in [-0.2, 0) is 32.6 Å². The normalized spacial score (nSPS) is 11.7. The van der Waals surface area contributed by atoms with Crippen LogP contribution >= 0.6 is 0 Å². The number of hydrogen-bond donors (Lipinski definition) is 1. The van der Waals surface area contributed by atoms with Gasteiger partial charge in [-0.25, -0.2) is 8.42 Å². The first-order valence-corrected chi connectivity index (χ1v) is 15.5. The second-order valence-corrected chi connectivity index (χ2v) is 12.0. The first kappa shape index (κ1) is 32.1. The van der Waals surface area contributed by atoms with Crippen LogP contribution in [0.15, 0.2) is 108 Å². The van der Waals surface area contributed by atoms with Gasteiger partial charge in [0.2, 0.25) is 11.8 Å². The van der Waals surface area contributed by atoms with E-state index < -0.39 is 28.5 Å². The van der Waals surface area contributed by atoms with Gasteiger partial charge in [0.1, 0.15) is 12.6 Å². The summed E-state index contributed by atoms with van der Waals surface area (Å²) in [4.78, 5) is 29.3. The standard InChI is InChI=1S/C34H37N3O6S/c1-25-13-11-12-16-27(25)23-36(30(34(39)35-2)21-26-14-7-5-8-15-26)33(38)24-37(44(40,41)29-17-9-6-10-18-29)28-19-20-31(42-3)32(22-28)43-4/h5-20,22,30H,21,23-24H2,1-4H3,(H,35,39). The molecule has 4 rings (SSSR count). The maximum absolute atomic E-state index is 14.4. The van der Waals surface area contributed by atoms with Crippen molar-refractivity contribution in [3.63, 3.8) is 0 Å². The molecular formula is C34H37N3O6S. The Bertz CT molecular complexity index is 1680. The van der Waals surface area contributed by atoms with Crippen LogP contribution in [0.4, 0.5) is 5.69 Å². The maximum Gasteiger partial charge on any atom is 0.264 e. The highest BCUT2D eigenvalue weighted by Crippen LogP contribution is 2.34. The molecule has 0 aromatic heterocycles. The molecule has 1 N–H and O–H groups in total. The number of aryl methyl sites for hydroxylation is 1. The molecule has 4 aromatic carbocycles. The number of rotatable bonds is 13. The summed E-state index contributed by atoms with van der Waals surface area (Å²) in [6, 6.07) is 28.6. The van der Waals surface area contributed by atoms with Gasteiger partial charge in [-0.15, -0.1) is 0 Å². The Hall–Kier alpha value is -4.83. The second-order valence-electron chi connectivity index (χ2n) is 10.1. The van der Waals surface area contributed by atoms with Crippen LogP contribution in [0.1, 0.15) is 16.7 Å². The Morgan fingerprint density at radius 3 is 2.05 bits per heavy atom. The minimum atomic E-state index is -4.23. The highest BCUT2D eigenvalue weighted by molar-refractivity contribution is 7.92. The lowest BCUT2D eigenvalue weighted by Crippen LogP contribution is -2.53. The van der Waals surface area contributed by atoms with Crippen molar-refractivity contribution in [3.8, 4) is 11.5 Å². The highest BCUT2D eigenvalue weighted by atomic mass is 32.2. The summed E-state index contributed by atoms with van der Waals surface area (Å²) < 4.78 is 40.1. The zero-order chi connectivity index (χ0) is 31.7. The smallest absolute Gasteiger partial charge is 0.264 e. The SMILES string of the molecule is CNC(=O)C(Cc1ccccc1)N(Cc1ccccc1C)C(=O)CN(c1ccc(OC)c(OC)c1)S(=O)(=O)c1ccccc1. The average Bonchev–Trinajstić information content (AvgIpc) is 3.06. The number of ether oxygens (including phenoxy) is 2. The van der Waals surface area contributed by atoms with Crippen LogP contribution < -0.4 is 19.1 Å². The van der Waals surface area contributed by atoms with Gasteiger partial charge in [-0.2, -0.15) is 0 Å². The van der Waals surface area contributed by atoms with Crippen LogP contribution in [0.25, 0.3) is 0 Å². The molecule has 230 valence electrons. The number of hydrogen-bond acceptors (Lipinski definition) is 6. The van der Waals surface area contributed by atoms with Gasteiger partial charge in [0, 0.05) is 26.1 Å². The fourth-order valence-electron chi connectivity index (χ4n) is 4.92. The molecule has 9 nitrogen and oxygen atoms in total. The molecule has 0 saturated heterocycles. The van der Waals surface area contributed by atoms with Gasteiger partial charge in [-0.3, -0.25) is 13.9 Å². The predicted molar refractivity (Wildman–Crippen MR) is 170 cm³/mol. The number of likely N-dealkylation sites (N-methyl/N-ethyl adjacent to an activating group) is 1. The van der Waals surface area contributed by atoms with E-state index in [1.54, 1.807) is 30.3 Å². The van der Waals surface area contributed by atoms with E-state index >= 15 is 0 Å². The molecule has 0 fully saturated rings. The number of methoxy groups -OCH3 is 2. The molecule has 0 saturated carbocycles. The molecular weight excluding hydrogens is 578 g/mol. The molecule has 10 heteroatoms. The van der Waals surface area contributed by atoms with E-state index in [0.717, 1.165) is 21.0 Å². The molecule has 0 aliphatic carbocycles. The van der Waals surface area contributed by atoms with Crippen molar-refractivity contribution in [2.45, 2.75) is 30.8 Å². The summed E-state index contributed by atoms with van der Waals surface area (Å²) in [6.45, 7) is 1.46. The Kier molecular flexibility index (Phi) is 10.6. The third-order valence-corrected chi connectivity index (χ3v) is 9.17. The molecule has 2 amide bonds. The first-order valence-electron chi connectivity index (χ1n) is 14.1. The molecule has 0 bridgehead atoms. The van der Waals surface area contributed by atoms with Crippen LogP contribution in [0.3, 0.4) is 0 Å². The van der Waals surface area contributed by atoms with Crippen molar-refractivity contribution in [3.05, 3.63) is 120 Å². The zero-order valence-corrected chi connectivity index (χ0v) is 26.1. The molecule has 0 aliphatic rings. The number of carbonyl (C=O) groups excluding carboxylic acids is 2. The Morgan fingerprint density at radius 1 is 0.818 bits per heavy atom. The average molecular weight is 616 g/mol. The number of anilines is 1. The van der Waals surface area contributed by atoms with Gasteiger partial charge in [0.15, 0.2) is 11.5 Å². The Balaban J connectivity index is 1.83. The summed E-state index contributed by atoms with van der Waals surface area (Å²) in [5.41, 5.74) is 2.84. The number of benzene rings is 4. The lowest BCUT2D eigenvalue weighted by atomic mass is 10.0. The van der Waals surface area contributed by atoms with Crippen molar-refractivity contribution in [1.82, 2.24) is 10.2 Å². The van der Waals surface area contributed by atoms with Crippen LogP contribution in [0.5, 0.6) is 11.5 Å². The summed E-state index contributed by atoms with van der Waals surface area (Å²) in [5, 5.41) is 2.69. The molecule has 0 spiro atoms. The Labute approximate surface area is 259 Å². The van der Waals surface area contributed by atoms with E-state index in [4.69, 9.17) is 9.47 Å². The van der Waals surface area contributed by atoms with Crippen LogP contribution in [0, 0.1) is 6.92 Å². The van der Waals surface area contributed by atoms with Crippen LogP contribution in [0.2, 0.25) is 0 Å². The topological polar surface area (TPSA) is 105 Å². The summed E-state index contributed by atoms with van der Waals surface area (Å²) in [7, 11) is 0.220. The lowest BCUT2D eigenvalue weighted by Gasteiger charge is -2.34. The van der Waals surface area contributed by atoms with E-state index in [0.29, 0.717) is 11.5 Å². The van der Waals surface area contributed by atoms with Gasteiger partial charge in [0.25, 0.3) is 10.0 Å². The molecule has 0 aliphatic heterocycles. The van der Waals surface area contributed by atoms with Crippen molar-refractivity contribution < 1.29 is 27.5 Å². The lowest BCUT2D eigenvalue weighted by molar-refractivity contribution is -0.139. The zero-order valence-electron chi connectivity index (χ0n) is 25.3. The van der Waals surface area contributed by atoms with E-state index in [1.807, 2.05) is 61.5 Å². The molecule has 0 heterocycles. The van der Waals surface area contributed by atoms with Crippen molar-refractivity contribution in [2.24, 2.45) is 0 Å². The Morgan fingerprint density at radius 2 is 1.43 bits per heavy atom. The van der Waals surface area contributed by atoms with E-state index in [9.17, 15) is 18.0 Å². The molecule has 4 aromatic rings. The number of carbonyl (C=O) groups is 2. The number of sulfonamides is 1. The number of nitrogens with one attached hydrogen (secondary N) is 1. The fourth-order valence-corrected chi connectivity index (χ4v) is 6.35. The molecule has 1 atom stereocenters. The van der Waals surface area contributed by atoms with Gasteiger partial charge < -0.3 is 19.7 Å². The van der Waals surface area contributed by atoms with Crippen molar-refractivity contribution >= 4 is 27.5 Å². The third kappa shape index (κ3) is 7.38. The largest absolute Gasteiger partial charge is 0.493 e. The molecule has 1 unspecified atom stereocenters. The van der Waals surface area contributed by atoms with Crippen LogP contribution in [-0.4, -0.2) is 59.0 Å². The quantitative estimate of drug-likeness (QED) is 0.236. The molecule has 0 radical (unpaired) electrons. The minimum Gasteiger partial charge on any atom is -0.493 e. The molecule has 44 heavy (non-hydrogen) atoms. The summed E-state index contributed by atoms with van der Waals surface area (Å²) in [5.74, 6) is -0.204. The summed E-state index contributed by atoms with van der Waals surface area (Å²) >= 11 is 0. The highest BCUT2D eigenvalue weighted by Gasteiger charge is 2.34. The third-order valence-electron chi connectivity index (χ3n) is 7.38. The van der Waals surface area contributed by atoms with Crippen molar-refractivity contribution in [2.75, 3.05) is 32.1 Å². The summed E-state index contributed by atoms with van der Waals surface area (Å²) in [6.07, 6.45) is 0.236. The van der Waals surface area contributed by atoms with Crippen molar-refractivity contribution in [1.29, 1.82) is 0 Å². The first-order chi connectivity index (χ1) is 21.2. The van der Waals surface area contributed by atoms with Gasteiger partial charge >= 0.3 is 0 Å². The number of nitrogens with zero attached hydrogens (tertiary/aromatic N) is 2. The van der Waals surface area contributed by atoms with E-state index in [2.05, 4.69) is 5.32 Å². The van der Waals surface area contributed by atoms with Gasteiger partial charge in [0.05, 0.1) is 24.8 Å². The van der Waals surface area contributed by atoms with Gasteiger partial charge in [-0.1, -0.05) is 72.8 Å². The van der Waals surface area contributed by atoms with Gasteiger partial charge in [-0.05, 0) is 47.9 Å². The monoisotopic (exact) mass is 615 g/mol.